The zero-order chi connectivity index (χ0) is 44.6. The number of aromatic hydroxyl groups is 2. The van der Waals surface area contributed by atoms with Gasteiger partial charge in [0.15, 0.2) is 0 Å². The minimum Gasteiger partial charge on any atom is -0.508 e. The summed E-state index contributed by atoms with van der Waals surface area (Å²) in [4.78, 5) is 34.4. The highest BCUT2D eigenvalue weighted by molar-refractivity contribution is 5.72. The van der Waals surface area contributed by atoms with Crippen LogP contribution in [0.4, 0.5) is 0 Å². The van der Waals surface area contributed by atoms with Gasteiger partial charge in [-0.1, -0.05) is 83.5 Å². The van der Waals surface area contributed by atoms with E-state index in [1.807, 2.05) is 126 Å². The van der Waals surface area contributed by atoms with Gasteiger partial charge in [0, 0.05) is 17.8 Å². The Bertz CT molecular complexity index is 1920. The third kappa shape index (κ3) is 19.4. The van der Waals surface area contributed by atoms with E-state index in [1.54, 1.807) is 31.4 Å². The van der Waals surface area contributed by atoms with E-state index in [-0.39, 0.29) is 47.2 Å². The third-order valence-electron chi connectivity index (χ3n) is 8.94. The molecule has 3 atom stereocenters. The lowest BCUT2D eigenvalue weighted by molar-refractivity contribution is -0.141. The van der Waals surface area contributed by atoms with E-state index in [9.17, 15) is 24.6 Å². The van der Waals surface area contributed by atoms with Crippen molar-refractivity contribution >= 4 is 17.9 Å². The van der Waals surface area contributed by atoms with Crippen LogP contribution in [0.3, 0.4) is 0 Å². The van der Waals surface area contributed by atoms with Crippen molar-refractivity contribution in [1.82, 2.24) is 0 Å². The lowest BCUT2D eigenvalue weighted by Crippen LogP contribution is -2.07. The number of hydrogen-bond acceptors (Lipinski definition) is 10. The molecule has 1 unspecified atom stereocenters. The Morgan fingerprint density at radius 3 is 1.17 bits per heavy atom. The van der Waals surface area contributed by atoms with E-state index in [4.69, 9.17) is 14.2 Å². The number of benzene rings is 4. The largest absolute Gasteiger partial charge is 0.508 e. The molecular formula is C50H62O10. The summed E-state index contributed by atoms with van der Waals surface area (Å²) >= 11 is 0. The summed E-state index contributed by atoms with van der Waals surface area (Å²) in [6.45, 7) is 12.5. The van der Waals surface area contributed by atoms with Crippen molar-refractivity contribution in [2.75, 3.05) is 28.4 Å². The van der Waals surface area contributed by atoms with Crippen molar-refractivity contribution in [2.45, 2.75) is 85.2 Å². The molecule has 322 valence electrons. The quantitative estimate of drug-likeness (QED) is 0.0638. The van der Waals surface area contributed by atoms with E-state index in [1.165, 1.54) is 21.3 Å². The second-order valence-electron chi connectivity index (χ2n) is 14.8. The van der Waals surface area contributed by atoms with Crippen LogP contribution in [0.2, 0.25) is 0 Å². The Morgan fingerprint density at radius 1 is 0.500 bits per heavy atom. The van der Waals surface area contributed by atoms with Gasteiger partial charge in [-0.2, -0.15) is 0 Å². The molecule has 10 nitrogen and oxygen atoms in total. The number of allylic oxidation sites excluding steroid dienone is 6. The molecule has 0 fully saturated rings. The summed E-state index contributed by atoms with van der Waals surface area (Å²) < 4.78 is 25.3. The van der Waals surface area contributed by atoms with Gasteiger partial charge in [0.05, 0.1) is 47.7 Å². The maximum absolute atomic E-state index is 11.7. The number of phenols is 2. The molecule has 0 heterocycles. The smallest absolute Gasteiger partial charge is 0.306 e. The Labute approximate surface area is 356 Å². The molecule has 4 rings (SSSR count). The maximum Gasteiger partial charge on any atom is 0.306 e. The van der Waals surface area contributed by atoms with Crippen molar-refractivity contribution in [1.29, 1.82) is 0 Å². The van der Waals surface area contributed by atoms with Crippen LogP contribution in [-0.2, 0) is 35.2 Å². The standard InChI is InChI=1S/C22H26O4.2C14H18O3/c1-16(2)12-19(14-22(23)25-4)18-8-10-20(11-9-18)26-15-17-6-5-7-21(13-17)24-3;2*1-10(2)8-12(9-14(16)17-3)11-4-6-13(15)7-5-11/h5-13,19H,14-15H2,1-4H3;2*4-8,12,15H,9H2,1-3H3/t;2*12-/m.10/s1. The zero-order valence-electron chi connectivity index (χ0n) is 36.7. The topological polar surface area (TPSA) is 138 Å². The molecule has 4 aromatic rings. The van der Waals surface area contributed by atoms with Gasteiger partial charge in [-0.25, -0.2) is 0 Å². The molecule has 0 amide bonds. The predicted octanol–water partition coefficient (Wildman–Crippen LogP) is 10.9. The number of carbonyl (C=O) groups is 3. The van der Waals surface area contributed by atoms with Crippen molar-refractivity contribution in [2.24, 2.45) is 0 Å². The number of phenolic OH excluding ortho intramolecular Hbond substituents is 2. The van der Waals surface area contributed by atoms with Gasteiger partial charge in [0.1, 0.15) is 29.6 Å². The first kappa shape index (κ1) is 49.9. The molecule has 0 bridgehead atoms. The highest BCUT2D eigenvalue weighted by atomic mass is 16.5. The number of methoxy groups -OCH3 is 4. The summed E-state index contributed by atoms with van der Waals surface area (Å²) in [5.74, 6) is 1.35. The fourth-order valence-corrected chi connectivity index (χ4v) is 6.00. The molecule has 2 N–H and O–H groups in total. The summed E-state index contributed by atoms with van der Waals surface area (Å²) in [6.07, 6.45) is 7.10. The molecule has 0 saturated carbocycles. The van der Waals surface area contributed by atoms with Gasteiger partial charge >= 0.3 is 17.9 Å². The average molecular weight is 823 g/mol. The second kappa shape index (κ2) is 26.7. The van der Waals surface area contributed by atoms with Gasteiger partial charge in [-0.3, -0.25) is 14.4 Å². The molecule has 0 radical (unpaired) electrons. The number of hydrogen-bond donors (Lipinski definition) is 2. The highest BCUT2D eigenvalue weighted by Crippen LogP contribution is 2.28. The molecule has 0 aliphatic carbocycles. The molecule has 0 aliphatic heterocycles. The van der Waals surface area contributed by atoms with E-state index in [0.717, 1.165) is 50.5 Å². The zero-order valence-corrected chi connectivity index (χ0v) is 36.7. The fourth-order valence-electron chi connectivity index (χ4n) is 6.00. The lowest BCUT2D eigenvalue weighted by Gasteiger charge is -2.14. The number of rotatable bonds is 16. The van der Waals surface area contributed by atoms with Crippen molar-refractivity contribution in [3.8, 4) is 23.0 Å². The van der Waals surface area contributed by atoms with Gasteiger partial charge in [-0.05, 0) is 112 Å². The summed E-state index contributed by atoms with van der Waals surface area (Å²) in [5, 5.41) is 18.5. The first-order valence-corrected chi connectivity index (χ1v) is 19.7. The Hall–Kier alpha value is -6.29. The normalized spacial score (nSPS) is 11.6. The third-order valence-corrected chi connectivity index (χ3v) is 8.94. The van der Waals surface area contributed by atoms with E-state index in [2.05, 4.69) is 15.5 Å². The molecule has 0 spiro atoms. The van der Waals surface area contributed by atoms with Crippen LogP contribution in [0.5, 0.6) is 23.0 Å². The van der Waals surface area contributed by atoms with E-state index >= 15 is 0 Å². The Kier molecular flexibility index (Phi) is 22.2. The van der Waals surface area contributed by atoms with Crippen molar-refractivity contribution in [3.05, 3.63) is 154 Å². The van der Waals surface area contributed by atoms with E-state index in [0.29, 0.717) is 25.9 Å². The van der Waals surface area contributed by atoms with Crippen LogP contribution in [0.15, 0.2) is 132 Å². The maximum atomic E-state index is 11.7. The van der Waals surface area contributed by atoms with Crippen molar-refractivity contribution in [3.63, 3.8) is 0 Å². The molecule has 0 aromatic heterocycles. The molecule has 0 aliphatic rings. The molecule has 60 heavy (non-hydrogen) atoms. The van der Waals surface area contributed by atoms with Crippen LogP contribution in [0.1, 0.15) is 101 Å². The van der Waals surface area contributed by atoms with Gasteiger partial charge < -0.3 is 33.9 Å². The average Bonchev–Trinajstić information content (AvgIpc) is 3.22. The van der Waals surface area contributed by atoms with Gasteiger partial charge in [0.2, 0.25) is 0 Å². The lowest BCUT2D eigenvalue weighted by atomic mass is 9.94. The van der Waals surface area contributed by atoms with Crippen LogP contribution in [-0.4, -0.2) is 56.6 Å². The molecule has 4 aromatic carbocycles. The summed E-state index contributed by atoms with van der Waals surface area (Å²) in [6, 6.07) is 29.4. The fraction of sp³-hybridized carbons (Fsp3) is 0.340. The predicted molar refractivity (Wildman–Crippen MR) is 236 cm³/mol. The van der Waals surface area contributed by atoms with Crippen LogP contribution in [0.25, 0.3) is 0 Å². The Morgan fingerprint density at radius 2 is 0.850 bits per heavy atom. The van der Waals surface area contributed by atoms with E-state index < -0.39 is 0 Å². The van der Waals surface area contributed by atoms with Gasteiger partial charge in [-0.15, -0.1) is 0 Å². The first-order valence-electron chi connectivity index (χ1n) is 19.7. The first-order chi connectivity index (χ1) is 28.6. The second-order valence-corrected chi connectivity index (χ2v) is 14.8. The van der Waals surface area contributed by atoms with Crippen LogP contribution < -0.4 is 9.47 Å². The van der Waals surface area contributed by atoms with Crippen molar-refractivity contribution < 1.29 is 48.3 Å². The minimum absolute atomic E-state index is 0.000107. The van der Waals surface area contributed by atoms with Crippen LogP contribution >= 0.6 is 0 Å². The highest BCUT2D eigenvalue weighted by Gasteiger charge is 2.16. The SMILES string of the molecule is COC(=O)CC(C=C(C)C)c1ccc(OCc2cccc(OC)c2)cc1.COC(=O)C[C@@H](C=C(C)C)c1ccc(O)cc1.COC(=O)C[C@H](C=C(C)C)c1ccc(O)cc1. The molecule has 0 saturated heterocycles. The monoisotopic (exact) mass is 822 g/mol. The number of carbonyl (C=O) groups excluding carboxylic acids is 3. The number of esters is 3. The summed E-state index contributed by atoms with van der Waals surface area (Å²) in [5.41, 5.74) is 7.55. The minimum atomic E-state index is -0.236. The van der Waals surface area contributed by atoms with Crippen LogP contribution in [0, 0.1) is 0 Å². The number of ether oxygens (including phenoxy) is 5. The summed E-state index contributed by atoms with van der Waals surface area (Å²) in [7, 11) is 5.84. The molecular weight excluding hydrogens is 761 g/mol. The molecule has 10 heteroatoms. The van der Waals surface area contributed by atoms with Gasteiger partial charge in [0.25, 0.3) is 0 Å². The Balaban J connectivity index is 0.000000322.